The summed E-state index contributed by atoms with van der Waals surface area (Å²) in [5.41, 5.74) is 0. The number of hydrogen-bond acceptors (Lipinski definition) is 0. The van der Waals surface area contributed by atoms with Crippen LogP contribution >= 0.6 is 0 Å². The third-order valence-corrected chi connectivity index (χ3v) is 3.81. The predicted molar refractivity (Wildman–Crippen MR) is 64.5 cm³/mol. The highest BCUT2D eigenvalue weighted by atomic mass is 14.3. The van der Waals surface area contributed by atoms with Gasteiger partial charge in [-0.05, 0) is 18.3 Å². The van der Waals surface area contributed by atoms with Crippen molar-refractivity contribution in [3.8, 4) is 0 Å². The van der Waals surface area contributed by atoms with Crippen LogP contribution in [0.5, 0.6) is 0 Å². The summed E-state index contributed by atoms with van der Waals surface area (Å²) in [6.45, 7) is 4.63. The van der Waals surface area contributed by atoms with E-state index in [1.165, 1.54) is 57.8 Å². The second-order valence-electron chi connectivity index (χ2n) is 5.18. The molecule has 0 nitrogen and oxygen atoms in total. The molecule has 0 N–H and O–H groups in total. The predicted octanol–water partition coefficient (Wildman–Crippen LogP) is 5.17. The van der Waals surface area contributed by atoms with E-state index in [0.717, 1.165) is 11.8 Å². The molecule has 0 heterocycles. The van der Waals surface area contributed by atoms with Crippen LogP contribution in [0.25, 0.3) is 0 Å². The molecule has 84 valence electrons. The minimum Gasteiger partial charge on any atom is -0.0654 e. The van der Waals surface area contributed by atoms with Gasteiger partial charge in [0.05, 0.1) is 0 Å². The zero-order valence-corrected chi connectivity index (χ0v) is 10.2. The summed E-state index contributed by atoms with van der Waals surface area (Å²) < 4.78 is 0. The number of unbranched alkanes of at least 4 members (excludes halogenated alkanes) is 3. The first-order valence-corrected chi connectivity index (χ1v) is 6.86. The van der Waals surface area contributed by atoms with Crippen molar-refractivity contribution >= 4 is 0 Å². The average Bonchev–Trinajstić information content (AvgIpc) is 2.61. The van der Waals surface area contributed by atoms with Crippen molar-refractivity contribution in [1.82, 2.24) is 0 Å². The molecule has 14 heavy (non-hydrogen) atoms. The molecule has 2 unspecified atom stereocenters. The van der Waals surface area contributed by atoms with E-state index < -0.39 is 0 Å². The van der Waals surface area contributed by atoms with Crippen molar-refractivity contribution in [3.05, 3.63) is 0 Å². The maximum Gasteiger partial charge on any atom is -0.0412 e. The Bertz CT molecular complexity index is 128. The van der Waals surface area contributed by atoms with Gasteiger partial charge in [0.15, 0.2) is 0 Å². The van der Waals surface area contributed by atoms with Gasteiger partial charge in [0.25, 0.3) is 0 Å². The summed E-state index contributed by atoms with van der Waals surface area (Å²) in [6, 6.07) is 0. The van der Waals surface area contributed by atoms with Crippen LogP contribution in [0.4, 0.5) is 0 Å². The highest BCUT2D eigenvalue weighted by Crippen LogP contribution is 2.36. The zero-order valence-electron chi connectivity index (χ0n) is 10.2. The summed E-state index contributed by atoms with van der Waals surface area (Å²) >= 11 is 0. The fourth-order valence-electron chi connectivity index (χ4n) is 2.97. The van der Waals surface area contributed by atoms with Crippen LogP contribution in [-0.2, 0) is 0 Å². The largest absolute Gasteiger partial charge is 0.0654 e. The molecule has 1 fully saturated rings. The van der Waals surface area contributed by atoms with Crippen molar-refractivity contribution in [1.29, 1.82) is 0 Å². The normalized spacial score (nSPS) is 27.0. The van der Waals surface area contributed by atoms with E-state index in [1.807, 2.05) is 0 Å². The van der Waals surface area contributed by atoms with E-state index in [4.69, 9.17) is 0 Å². The van der Waals surface area contributed by atoms with Crippen molar-refractivity contribution in [2.24, 2.45) is 11.8 Å². The van der Waals surface area contributed by atoms with Gasteiger partial charge in [-0.15, -0.1) is 0 Å². The maximum atomic E-state index is 2.33. The zero-order chi connectivity index (χ0) is 10.2. The molecule has 0 spiro atoms. The second-order valence-corrected chi connectivity index (χ2v) is 5.18. The minimum absolute atomic E-state index is 1.09. The molecule has 0 radical (unpaired) electrons. The Balaban J connectivity index is 1.98. The molecule has 0 saturated heterocycles. The SMILES string of the molecule is CCCCCCC1CCC(CCC)C1. The van der Waals surface area contributed by atoms with Gasteiger partial charge >= 0.3 is 0 Å². The van der Waals surface area contributed by atoms with Crippen LogP contribution in [0.1, 0.15) is 78.1 Å². The summed E-state index contributed by atoms with van der Waals surface area (Å²) in [5.74, 6) is 2.19. The molecule has 0 aliphatic heterocycles. The van der Waals surface area contributed by atoms with Gasteiger partial charge < -0.3 is 0 Å². The highest BCUT2D eigenvalue weighted by molar-refractivity contribution is 4.75. The lowest BCUT2D eigenvalue weighted by molar-refractivity contribution is 0.427. The van der Waals surface area contributed by atoms with Gasteiger partial charge in [-0.25, -0.2) is 0 Å². The van der Waals surface area contributed by atoms with E-state index in [0.29, 0.717) is 0 Å². The van der Waals surface area contributed by atoms with Crippen molar-refractivity contribution < 1.29 is 0 Å². The van der Waals surface area contributed by atoms with Gasteiger partial charge in [0.2, 0.25) is 0 Å². The molecular weight excluding hydrogens is 168 g/mol. The lowest BCUT2D eigenvalue weighted by Gasteiger charge is -2.10. The van der Waals surface area contributed by atoms with Gasteiger partial charge in [0.1, 0.15) is 0 Å². The fraction of sp³-hybridized carbons (Fsp3) is 1.00. The van der Waals surface area contributed by atoms with E-state index in [1.54, 1.807) is 6.42 Å². The Hall–Kier alpha value is 0. The second kappa shape index (κ2) is 7.31. The fourth-order valence-corrected chi connectivity index (χ4v) is 2.97. The number of hydrogen-bond donors (Lipinski definition) is 0. The monoisotopic (exact) mass is 196 g/mol. The van der Waals surface area contributed by atoms with Crippen LogP contribution in [0.15, 0.2) is 0 Å². The van der Waals surface area contributed by atoms with Gasteiger partial charge in [0, 0.05) is 0 Å². The molecule has 1 saturated carbocycles. The maximum absolute atomic E-state index is 2.33. The van der Waals surface area contributed by atoms with E-state index in [2.05, 4.69) is 13.8 Å². The van der Waals surface area contributed by atoms with Crippen molar-refractivity contribution in [3.63, 3.8) is 0 Å². The van der Waals surface area contributed by atoms with E-state index in [-0.39, 0.29) is 0 Å². The van der Waals surface area contributed by atoms with E-state index >= 15 is 0 Å². The molecule has 1 aliphatic carbocycles. The minimum atomic E-state index is 1.09. The first-order chi connectivity index (χ1) is 6.86. The smallest absolute Gasteiger partial charge is 0.0412 e. The average molecular weight is 196 g/mol. The van der Waals surface area contributed by atoms with Crippen molar-refractivity contribution in [2.45, 2.75) is 78.1 Å². The molecule has 0 aromatic carbocycles. The molecule has 0 heteroatoms. The Morgan fingerprint density at radius 2 is 1.50 bits per heavy atom. The van der Waals surface area contributed by atoms with Crippen LogP contribution in [0, 0.1) is 11.8 Å². The molecule has 2 atom stereocenters. The molecule has 0 amide bonds. The first kappa shape index (κ1) is 12.1. The van der Waals surface area contributed by atoms with Crippen molar-refractivity contribution in [2.75, 3.05) is 0 Å². The quantitative estimate of drug-likeness (QED) is 0.493. The molecule has 0 aromatic heterocycles. The van der Waals surface area contributed by atoms with Crippen LogP contribution in [0.2, 0.25) is 0 Å². The molecule has 0 aromatic rings. The van der Waals surface area contributed by atoms with E-state index in [9.17, 15) is 0 Å². The standard InChI is InChI=1S/C14H28/c1-3-5-6-7-9-14-11-10-13(12-14)8-4-2/h13-14H,3-12H2,1-2H3. The number of rotatable bonds is 7. The Morgan fingerprint density at radius 3 is 2.14 bits per heavy atom. The molecule has 1 aliphatic rings. The Labute approximate surface area is 90.5 Å². The van der Waals surface area contributed by atoms with Gasteiger partial charge in [-0.1, -0.05) is 71.6 Å². The third-order valence-electron chi connectivity index (χ3n) is 3.81. The van der Waals surface area contributed by atoms with Crippen LogP contribution < -0.4 is 0 Å². The molecule has 1 rings (SSSR count). The summed E-state index contributed by atoms with van der Waals surface area (Å²) in [6.07, 6.45) is 14.8. The lowest BCUT2D eigenvalue weighted by Crippen LogP contribution is -1.96. The highest BCUT2D eigenvalue weighted by Gasteiger charge is 2.22. The summed E-state index contributed by atoms with van der Waals surface area (Å²) in [4.78, 5) is 0. The van der Waals surface area contributed by atoms with Crippen LogP contribution in [-0.4, -0.2) is 0 Å². The molecule has 0 bridgehead atoms. The lowest BCUT2D eigenvalue weighted by atomic mass is 9.96. The van der Waals surface area contributed by atoms with Gasteiger partial charge in [-0.3, -0.25) is 0 Å². The summed E-state index contributed by atoms with van der Waals surface area (Å²) in [5, 5.41) is 0. The Kier molecular flexibility index (Phi) is 6.31. The molecular formula is C14H28. The van der Waals surface area contributed by atoms with Crippen LogP contribution in [0.3, 0.4) is 0 Å². The topological polar surface area (TPSA) is 0 Å². The Morgan fingerprint density at radius 1 is 0.786 bits per heavy atom. The first-order valence-electron chi connectivity index (χ1n) is 6.86. The summed E-state index contributed by atoms with van der Waals surface area (Å²) in [7, 11) is 0. The third kappa shape index (κ3) is 4.48. The van der Waals surface area contributed by atoms with Gasteiger partial charge in [-0.2, -0.15) is 0 Å².